The number of nitrogens with one attached hydrogen (secondary N) is 6. The molecule has 14 nitrogen and oxygen atoms in total. The molecule has 1 aliphatic rings. The van der Waals surface area contributed by atoms with Gasteiger partial charge in [0.15, 0.2) is 21.8 Å². The highest BCUT2D eigenvalue weighted by Gasteiger charge is 2.33. The van der Waals surface area contributed by atoms with Crippen molar-refractivity contribution in [3.8, 4) is 0 Å². The Labute approximate surface area is 307 Å². The molecule has 0 aliphatic heterocycles. The quantitative estimate of drug-likeness (QED) is 0.0359. The number of non-ortho nitro benzene ring substituents is 2. The topological polar surface area (TPSA) is 193 Å². The van der Waals surface area contributed by atoms with Gasteiger partial charge in [0.25, 0.3) is 11.4 Å². The first-order valence-electron chi connectivity index (χ1n) is 16.0. The summed E-state index contributed by atoms with van der Waals surface area (Å²) in [5.41, 5.74) is 3.31. The van der Waals surface area contributed by atoms with Crippen LogP contribution in [0.3, 0.4) is 0 Å². The van der Waals surface area contributed by atoms with E-state index in [1.807, 2.05) is 0 Å². The Morgan fingerprint density at radius 1 is 0.558 bits per heavy atom. The van der Waals surface area contributed by atoms with Gasteiger partial charge in [-0.3, -0.25) is 29.8 Å². The van der Waals surface area contributed by atoms with E-state index in [0.717, 1.165) is 0 Å². The van der Waals surface area contributed by atoms with Crippen LogP contribution in [0.25, 0.3) is 10.8 Å². The summed E-state index contributed by atoms with van der Waals surface area (Å²) in [6, 6.07) is 26.1. The van der Waals surface area contributed by atoms with Crippen molar-refractivity contribution in [1.82, 2.24) is 10.6 Å². The summed E-state index contributed by atoms with van der Waals surface area (Å²) in [7, 11) is 0. The molecule has 6 rings (SSSR count). The molecule has 262 valence electrons. The van der Waals surface area contributed by atoms with Gasteiger partial charge in [-0.25, -0.2) is 0 Å². The summed E-state index contributed by atoms with van der Waals surface area (Å²) < 4.78 is 0. The Balaban J connectivity index is 1.09. The average Bonchev–Trinajstić information content (AvgIpc) is 3.14. The number of carbonyl (C=O) groups excluding carboxylic acids is 2. The first-order valence-corrected chi connectivity index (χ1v) is 16.8. The molecular weight excluding hydrogens is 705 g/mol. The number of hydrogen-bond donors (Lipinski definition) is 6. The van der Waals surface area contributed by atoms with Crippen LogP contribution in [-0.4, -0.2) is 57.8 Å². The van der Waals surface area contributed by atoms with Gasteiger partial charge in [0.2, 0.25) is 0 Å². The minimum Gasteiger partial charge on any atom is -0.383 e. The van der Waals surface area contributed by atoms with E-state index in [-0.39, 0.29) is 34.1 Å². The minimum absolute atomic E-state index is 0.000610. The molecule has 0 saturated carbocycles. The highest BCUT2D eigenvalue weighted by Crippen LogP contribution is 2.36. The van der Waals surface area contributed by atoms with E-state index >= 15 is 0 Å². The maximum absolute atomic E-state index is 13.8. The van der Waals surface area contributed by atoms with Gasteiger partial charge < -0.3 is 31.9 Å². The van der Waals surface area contributed by atoms with Gasteiger partial charge in [-0.2, -0.15) is 0 Å². The zero-order valence-corrected chi connectivity index (χ0v) is 28.9. The number of carbonyl (C=O) groups is 2. The fourth-order valence-corrected chi connectivity index (χ4v) is 6.26. The lowest BCUT2D eigenvalue weighted by atomic mass is 9.82. The third-order valence-electron chi connectivity index (χ3n) is 8.21. The van der Waals surface area contributed by atoms with Crippen LogP contribution in [0, 0.1) is 20.2 Å². The second-order valence-corrected chi connectivity index (χ2v) is 12.3. The maximum atomic E-state index is 13.8. The number of hydrogen-bond acceptors (Lipinski definition) is 10. The largest absolute Gasteiger partial charge is 0.383 e. The number of benzene rings is 5. The van der Waals surface area contributed by atoms with E-state index in [1.165, 1.54) is 18.2 Å². The van der Waals surface area contributed by atoms with Gasteiger partial charge in [-0.05, 0) is 60.8 Å². The highest BCUT2D eigenvalue weighted by molar-refractivity contribution is 7.80. The molecule has 6 N–H and O–H groups in total. The minimum atomic E-state index is -0.481. The third-order valence-corrected chi connectivity index (χ3v) is 8.70. The van der Waals surface area contributed by atoms with Crippen molar-refractivity contribution < 1.29 is 19.4 Å². The van der Waals surface area contributed by atoms with Crippen LogP contribution in [0.1, 0.15) is 31.8 Å². The van der Waals surface area contributed by atoms with Crippen LogP contribution in [0.4, 0.5) is 34.1 Å². The van der Waals surface area contributed by atoms with Crippen molar-refractivity contribution in [2.45, 2.75) is 0 Å². The van der Waals surface area contributed by atoms with Gasteiger partial charge in [0.1, 0.15) is 0 Å². The highest BCUT2D eigenvalue weighted by atomic mass is 32.1. The molecule has 5 aromatic carbocycles. The molecule has 0 aromatic heterocycles. The molecule has 0 bridgehead atoms. The summed E-state index contributed by atoms with van der Waals surface area (Å²) >= 11 is 10.8. The molecule has 0 fully saturated rings. The van der Waals surface area contributed by atoms with E-state index in [1.54, 1.807) is 78.9 Å². The molecular formula is C36H30N8O6S2. The summed E-state index contributed by atoms with van der Waals surface area (Å²) in [6.45, 7) is 1.41. The number of nitro groups is 2. The van der Waals surface area contributed by atoms with Gasteiger partial charge in [-0.15, -0.1) is 0 Å². The third kappa shape index (κ3) is 7.62. The normalized spacial score (nSPS) is 11.5. The van der Waals surface area contributed by atoms with Crippen molar-refractivity contribution in [2.24, 2.45) is 0 Å². The SMILES string of the molecule is O=C1c2ccccc2C(=O)c2c(NCCNC(=S)Nc3ccc([N+](=O)[O-])c4ccccc34)ccc(NCCNC(=S)Nc3ccc([N+](=O)[O-])cc3)c21. The van der Waals surface area contributed by atoms with E-state index in [2.05, 4.69) is 31.9 Å². The number of nitro benzene ring substituents is 2. The summed E-state index contributed by atoms with van der Waals surface area (Å²) in [4.78, 5) is 49.1. The molecule has 1 aliphatic carbocycles. The number of anilines is 4. The fraction of sp³-hybridized carbons (Fsp3) is 0.111. The Kier molecular flexibility index (Phi) is 10.6. The molecule has 0 unspecified atom stereocenters. The van der Waals surface area contributed by atoms with Crippen molar-refractivity contribution in [2.75, 3.05) is 47.4 Å². The van der Waals surface area contributed by atoms with Crippen LogP contribution < -0.4 is 31.9 Å². The first-order chi connectivity index (χ1) is 25.1. The summed E-state index contributed by atoms with van der Waals surface area (Å²) in [5, 5.41) is 42.9. The molecule has 5 aromatic rings. The average molecular weight is 735 g/mol. The lowest BCUT2D eigenvalue weighted by Crippen LogP contribution is -2.33. The van der Waals surface area contributed by atoms with E-state index in [9.17, 15) is 29.8 Å². The molecule has 0 amide bonds. The smallest absolute Gasteiger partial charge is 0.277 e. The summed E-state index contributed by atoms with van der Waals surface area (Å²) in [6.07, 6.45) is 0. The summed E-state index contributed by atoms with van der Waals surface area (Å²) in [5.74, 6) is -0.559. The van der Waals surface area contributed by atoms with Crippen LogP contribution in [0.15, 0.2) is 97.1 Å². The van der Waals surface area contributed by atoms with Gasteiger partial charge >= 0.3 is 0 Å². The lowest BCUT2D eigenvalue weighted by molar-refractivity contribution is -0.384. The van der Waals surface area contributed by atoms with Crippen LogP contribution in [-0.2, 0) is 0 Å². The number of rotatable bonds is 12. The van der Waals surface area contributed by atoms with Crippen molar-refractivity contribution >= 4 is 91.1 Å². The Hall–Kier alpha value is -6.52. The van der Waals surface area contributed by atoms with Crippen LogP contribution in [0.5, 0.6) is 0 Å². The number of nitrogens with zero attached hydrogens (tertiary/aromatic N) is 2. The zero-order chi connectivity index (χ0) is 36.8. The standard InChI is InChI=1S/C36H30N8O6S2/c45-33-25-7-3-4-8-26(25)34(46)32-29(38-18-20-40-36(52)42-27-15-16-30(44(49)50)24-6-2-1-5-23(24)27)14-13-28(31(32)33)37-17-19-39-35(51)41-21-9-11-22(12-10-21)43(47)48/h1-16,37-38H,17-20H2,(H2,39,41,51)(H2,40,42,52). The Bertz CT molecular complexity index is 2260. The number of thiocarbonyl (C=S) groups is 2. The van der Waals surface area contributed by atoms with Gasteiger partial charge in [0, 0.05) is 83.6 Å². The second kappa shape index (κ2) is 15.6. The van der Waals surface area contributed by atoms with Crippen molar-refractivity contribution in [3.05, 3.63) is 140 Å². The lowest BCUT2D eigenvalue weighted by Gasteiger charge is -2.24. The van der Waals surface area contributed by atoms with Crippen molar-refractivity contribution in [3.63, 3.8) is 0 Å². The molecule has 0 radical (unpaired) electrons. The van der Waals surface area contributed by atoms with Gasteiger partial charge in [0.05, 0.1) is 26.4 Å². The predicted molar refractivity (Wildman–Crippen MR) is 209 cm³/mol. The van der Waals surface area contributed by atoms with Crippen LogP contribution in [0.2, 0.25) is 0 Å². The molecule has 0 spiro atoms. The second-order valence-electron chi connectivity index (χ2n) is 11.5. The zero-order valence-electron chi connectivity index (χ0n) is 27.2. The monoisotopic (exact) mass is 734 g/mol. The van der Waals surface area contributed by atoms with E-state index in [4.69, 9.17) is 24.4 Å². The number of fused-ring (bicyclic) bond motifs is 3. The molecule has 16 heteroatoms. The van der Waals surface area contributed by atoms with Gasteiger partial charge in [-0.1, -0.05) is 42.5 Å². The molecule has 0 saturated heterocycles. The Morgan fingerprint density at radius 2 is 1.06 bits per heavy atom. The number of ketones is 2. The van der Waals surface area contributed by atoms with E-state index in [0.29, 0.717) is 81.1 Å². The van der Waals surface area contributed by atoms with E-state index < -0.39 is 9.85 Å². The van der Waals surface area contributed by atoms with Crippen molar-refractivity contribution in [1.29, 1.82) is 0 Å². The van der Waals surface area contributed by atoms with Crippen LogP contribution >= 0.6 is 24.4 Å². The Morgan fingerprint density at radius 3 is 1.60 bits per heavy atom. The maximum Gasteiger partial charge on any atom is 0.277 e. The first kappa shape index (κ1) is 35.3. The fourth-order valence-electron chi connectivity index (χ4n) is 5.82. The molecule has 0 heterocycles. The molecule has 0 atom stereocenters. The molecule has 52 heavy (non-hydrogen) atoms. The predicted octanol–water partition coefficient (Wildman–Crippen LogP) is 6.23.